The van der Waals surface area contributed by atoms with E-state index >= 15 is 0 Å². The molecule has 1 aromatic heterocycles. The lowest BCUT2D eigenvalue weighted by molar-refractivity contribution is -0.137. The number of nitrogens with one attached hydrogen (secondary N) is 1. The lowest BCUT2D eigenvalue weighted by atomic mass is 10.1. The van der Waals surface area contributed by atoms with Crippen LogP contribution in [0.15, 0.2) is 42.6 Å². The van der Waals surface area contributed by atoms with Gasteiger partial charge in [0.25, 0.3) is 11.8 Å². The van der Waals surface area contributed by atoms with E-state index in [1.54, 1.807) is 12.1 Å². The maximum absolute atomic E-state index is 12.5. The monoisotopic (exact) mass is 363 g/mol. The van der Waals surface area contributed by atoms with Crippen molar-refractivity contribution >= 4 is 23.5 Å². The Labute approximate surface area is 145 Å². The molecule has 0 spiro atoms. The third-order valence-corrected chi connectivity index (χ3v) is 3.80. The zero-order valence-corrected chi connectivity index (χ0v) is 13.2. The van der Waals surface area contributed by atoms with E-state index in [2.05, 4.69) is 10.3 Å². The molecule has 0 atom stereocenters. The number of benzene rings is 1. The van der Waals surface area contributed by atoms with Crippen LogP contribution in [0.2, 0.25) is 0 Å². The summed E-state index contributed by atoms with van der Waals surface area (Å²) >= 11 is 0. The minimum absolute atomic E-state index is 0.0506. The molecule has 26 heavy (non-hydrogen) atoms. The van der Waals surface area contributed by atoms with E-state index in [0.717, 1.165) is 17.0 Å². The predicted molar refractivity (Wildman–Crippen MR) is 84.3 cm³/mol. The topological polar surface area (TPSA) is 79.4 Å². The molecular weight excluding hydrogens is 351 g/mol. The van der Waals surface area contributed by atoms with Crippen LogP contribution in [0.4, 0.5) is 19.0 Å². The first-order valence-electron chi connectivity index (χ1n) is 7.55. The number of aromatic nitrogens is 1. The third kappa shape index (κ3) is 3.41. The number of nitrogens with zero attached hydrogens (tertiary/aromatic N) is 2. The number of fused-ring (bicyclic) bond motifs is 1. The number of amides is 3. The fraction of sp³-hybridized carbons (Fsp3) is 0.176. The Morgan fingerprint density at radius 3 is 2.15 bits per heavy atom. The van der Waals surface area contributed by atoms with Gasteiger partial charge in [-0.3, -0.25) is 19.3 Å². The Morgan fingerprint density at radius 1 is 1.04 bits per heavy atom. The summed E-state index contributed by atoms with van der Waals surface area (Å²) < 4.78 is 37.4. The standard InChI is InChI=1S/C17H12F3N3O3/c18-17(19,20)10-5-6-13(21-9-10)22-14(24)7-8-23-15(25)11-3-1-2-4-12(11)16(23)26/h1-6,9H,7-8H2,(H,21,22,24). The van der Waals surface area contributed by atoms with Crippen molar-refractivity contribution in [2.45, 2.75) is 12.6 Å². The number of pyridine rings is 1. The summed E-state index contributed by atoms with van der Waals surface area (Å²) in [6, 6.07) is 8.16. The number of carbonyl (C=O) groups excluding carboxylic acids is 3. The van der Waals surface area contributed by atoms with Crippen molar-refractivity contribution in [1.82, 2.24) is 9.88 Å². The van der Waals surface area contributed by atoms with E-state index in [4.69, 9.17) is 0 Å². The Balaban J connectivity index is 1.58. The van der Waals surface area contributed by atoms with Gasteiger partial charge in [0.15, 0.2) is 0 Å². The largest absolute Gasteiger partial charge is 0.417 e. The van der Waals surface area contributed by atoms with Gasteiger partial charge in [0.2, 0.25) is 5.91 Å². The van der Waals surface area contributed by atoms with E-state index in [9.17, 15) is 27.6 Å². The van der Waals surface area contributed by atoms with Crippen LogP contribution in [0.5, 0.6) is 0 Å². The minimum Gasteiger partial charge on any atom is -0.311 e. The molecule has 1 N–H and O–H groups in total. The maximum atomic E-state index is 12.5. The fourth-order valence-electron chi connectivity index (χ4n) is 2.50. The molecule has 0 saturated heterocycles. The van der Waals surface area contributed by atoms with Gasteiger partial charge < -0.3 is 5.32 Å². The lowest BCUT2D eigenvalue weighted by Gasteiger charge is -2.13. The normalized spacial score (nSPS) is 13.7. The van der Waals surface area contributed by atoms with Crippen molar-refractivity contribution in [2.75, 3.05) is 11.9 Å². The van der Waals surface area contributed by atoms with Crippen LogP contribution in [0.3, 0.4) is 0 Å². The second kappa shape index (κ2) is 6.58. The second-order valence-corrected chi connectivity index (χ2v) is 5.54. The van der Waals surface area contributed by atoms with Crippen LogP contribution < -0.4 is 5.32 Å². The van der Waals surface area contributed by atoms with Gasteiger partial charge >= 0.3 is 6.18 Å². The van der Waals surface area contributed by atoms with Gasteiger partial charge in [0.05, 0.1) is 16.7 Å². The van der Waals surface area contributed by atoms with Gasteiger partial charge in [0.1, 0.15) is 5.82 Å². The zero-order valence-electron chi connectivity index (χ0n) is 13.2. The number of imide groups is 1. The highest BCUT2D eigenvalue weighted by atomic mass is 19.4. The molecule has 0 radical (unpaired) electrons. The van der Waals surface area contributed by atoms with Gasteiger partial charge in [-0.25, -0.2) is 4.98 Å². The third-order valence-electron chi connectivity index (χ3n) is 3.80. The first-order valence-corrected chi connectivity index (χ1v) is 7.55. The van der Waals surface area contributed by atoms with E-state index < -0.39 is 29.5 Å². The molecule has 0 unspecified atom stereocenters. The molecule has 9 heteroatoms. The number of anilines is 1. The van der Waals surface area contributed by atoms with Gasteiger partial charge in [0, 0.05) is 19.2 Å². The molecule has 2 heterocycles. The Morgan fingerprint density at radius 2 is 1.65 bits per heavy atom. The van der Waals surface area contributed by atoms with E-state index in [0.29, 0.717) is 6.20 Å². The first kappa shape index (κ1) is 17.6. The number of carbonyl (C=O) groups is 3. The number of hydrogen-bond acceptors (Lipinski definition) is 4. The molecule has 0 aliphatic carbocycles. The smallest absolute Gasteiger partial charge is 0.311 e. The molecule has 1 aromatic carbocycles. The van der Waals surface area contributed by atoms with Gasteiger partial charge in [-0.2, -0.15) is 13.2 Å². The molecule has 1 aliphatic heterocycles. The highest BCUT2D eigenvalue weighted by Gasteiger charge is 2.35. The summed E-state index contributed by atoms with van der Waals surface area (Å²) in [6.07, 6.45) is -4.10. The molecule has 3 rings (SSSR count). The molecule has 0 fully saturated rings. The highest BCUT2D eigenvalue weighted by molar-refractivity contribution is 6.21. The van der Waals surface area contributed by atoms with Crippen LogP contribution in [0.1, 0.15) is 32.7 Å². The van der Waals surface area contributed by atoms with Crippen molar-refractivity contribution in [1.29, 1.82) is 0 Å². The Hall–Kier alpha value is -3.23. The van der Waals surface area contributed by atoms with E-state index in [1.807, 2.05) is 0 Å². The average Bonchev–Trinajstić information content (AvgIpc) is 2.84. The van der Waals surface area contributed by atoms with Gasteiger partial charge in [-0.15, -0.1) is 0 Å². The lowest BCUT2D eigenvalue weighted by Crippen LogP contribution is -2.33. The fourth-order valence-corrected chi connectivity index (χ4v) is 2.50. The molecule has 3 amide bonds. The zero-order chi connectivity index (χ0) is 18.9. The van der Waals surface area contributed by atoms with Crippen molar-refractivity contribution in [3.63, 3.8) is 0 Å². The van der Waals surface area contributed by atoms with Crippen LogP contribution >= 0.6 is 0 Å². The quantitative estimate of drug-likeness (QED) is 0.847. The van der Waals surface area contributed by atoms with Crippen LogP contribution in [0.25, 0.3) is 0 Å². The molecule has 0 bridgehead atoms. The van der Waals surface area contributed by atoms with E-state index in [-0.39, 0.29) is 29.9 Å². The summed E-state index contributed by atoms with van der Waals surface area (Å²) in [6.45, 7) is -0.140. The number of rotatable bonds is 4. The maximum Gasteiger partial charge on any atom is 0.417 e. The van der Waals surface area contributed by atoms with Crippen LogP contribution in [-0.4, -0.2) is 34.2 Å². The Kier molecular flexibility index (Phi) is 4.45. The summed E-state index contributed by atoms with van der Waals surface area (Å²) in [4.78, 5) is 40.7. The minimum atomic E-state index is -4.51. The average molecular weight is 363 g/mol. The van der Waals surface area contributed by atoms with Gasteiger partial charge in [-0.1, -0.05) is 12.1 Å². The van der Waals surface area contributed by atoms with Crippen LogP contribution in [0, 0.1) is 0 Å². The molecule has 1 aliphatic rings. The SMILES string of the molecule is O=C(CCN1C(=O)c2ccccc2C1=O)Nc1ccc(C(F)(F)F)cn1. The molecule has 6 nitrogen and oxygen atoms in total. The molecular formula is C17H12F3N3O3. The molecule has 2 aromatic rings. The van der Waals surface area contributed by atoms with Crippen molar-refractivity contribution in [3.8, 4) is 0 Å². The van der Waals surface area contributed by atoms with Crippen molar-refractivity contribution in [2.24, 2.45) is 0 Å². The Bertz CT molecular complexity index is 844. The number of alkyl halides is 3. The summed E-state index contributed by atoms with van der Waals surface area (Å²) in [5, 5.41) is 2.33. The van der Waals surface area contributed by atoms with Crippen LogP contribution in [-0.2, 0) is 11.0 Å². The first-order chi connectivity index (χ1) is 12.3. The van der Waals surface area contributed by atoms with Crippen molar-refractivity contribution < 1.29 is 27.6 Å². The van der Waals surface area contributed by atoms with Gasteiger partial charge in [-0.05, 0) is 24.3 Å². The van der Waals surface area contributed by atoms with Crippen molar-refractivity contribution in [3.05, 3.63) is 59.3 Å². The van der Waals surface area contributed by atoms with E-state index in [1.165, 1.54) is 12.1 Å². The highest BCUT2D eigenvalue weighted by Crippen LogP contribution is 2.29. The number of halogens is 3. The molecule has 0 saturated carbocycles. The summed E-state index contributed by atoms with van der Waals surface area (Å²) in [7, 11) is 0. The number of hydrogen-bond donors (Lipinski definition) is 1. The molecule has 134 valence electrons. The predicted octanol–water partition coefficient (Wildman–Crippen LogP) is 2.73. The summed E-state index contributed by atoms with van der Waals surface area (Å²) in [5.74, 6) is -1.59. The second-order valence-electron chi connectivity index (χ2n) is 5.54. The summed E-state index contributed by atoms with van der Waals surface area (Å²) in [5.41, 5.74) is -0.369.